The Bertz CT molecular complexity index is 708. The highest BCUT2D eigenvalue weighted by molar-refractivity contribution is 7.10. The van der Waals surface area contributed by atoms with Crippen LogP contribution in [0, 0.1) is 0 Å². The number of hydrogen-bond donors (Lipinski definition) is 1. The second-order valence-electron chi connectivity index (χ2n) is 6.92. The lowest BCUT2D eigenvalue weighted by Gasteiger charge is -2.34. The van der Waals surface area contributed by atoms with Crippen LogP contribution in [-0.2, 0) is 16.0 Å². The van der Waals surface area contributed by atoms with Crippen LogP contribution in [0.1, 0.15) is 49.1 Å². The van der Waals surface area contributed by atoms with Crippen LogP contribution >= 0.6 is 11.3 Å². The first-order valence-electron chi connectivity index (χ1n) is 8.52. The fraction of sp³-hybridized carbons (Fsp3) is 0.588. The predicted molar refractivity (Wildman–Crippen MR) is 89.6 cm³/mol. The third-order valence-electron chi connectivity index (χ3n) is 5.59. The van der Waals surface area contributed by atoms with Gasteiger partial charge in [-0.2, -0.15) is 0 Å². The van der Waals surface area contributed by atoms with Crippen molar-refractivity contribution in [2.24, 2.45) is 0 Å². The number of carbonyl (C=O) groups excluding carboxylic acids is 3. The van der Waals surface area contributed by atoms with Gasteiger partial charge in [-0.05, 0) is 43.2 Å². The SMILES string of the molecule is C[C@H]1c2ccsc2CCN1C(=O)CN1C(=O)NC2(CCCC2)C1=O. The maximum absolute atomic E-state index is 12.7. The minimum Gasteiger partial charge on any atom is -0.334 e. The lowest BCUT2D eigenvalue weighted by atomic mass is 9.98. The van der Waals surface area contributed by atoms with Crippen molar-refractivity contribution in [3.8, 4) is 0 Å². The summed E-state index contributed by atoms with van der Waals surface area (Å²) >= 11 is 1.72. The van der Waals surface area contributed by atoms with Crippen molar-refractivity contribution in [3.63, 3.8) is 0 Å². The van der Waals surface area contributed by atoms with Gasteiger partial charge < -0.3 is 10.2 Å². The van der Waals surface area contributed by atoms with E-state index in [2.05, 4.69) is 16.8 Å². The number of amides is 4. The Morgan fingerprint density at radius 2 is 2.12 bits per heavy atom. The summed E-state index contributed by atoms with van der Waals surface area (Å²) in [6, 6.07) is 1.63. The molecule has 0 aromatic carbocycles. The van der Waals surface area contributed by atoms with Crippen LogP contribution < -0.4 is 5.32 Å². The molecule has 1 aromatic heterocycles. The number of thiophene rings is 1. The monoisotopic (exact) mass is 347 g/mol. The van der Waals surface area contributed by atoms with E-state index in [4.69, 9.17) is 0 Å². The highest BCUT2D eigenvalue weighted by Crippen LogP contribution is 2.36. The number of carbonyl (C=O) groups is 3. The summed E-state index contributed by atoms with van der Waals surface area (Å²) in [6.45, 7) is 2.49. The fourth-order valence-corrected chi connectivity index (χ4v) is 5.18. The molecule has 1 N–H and O–H groups in total. The zero-order valence-electron chi connectivity index (χ0n) is 13.7. The first-order valence-corrected chi connectivity index (χ1v) is 9.40. The van der Waals surface area contributed by atoms with Crippen molar-refractivity contribution in [3.05, 3.63) is 21.9 Å². The van der Waals surface area contributed by atoms with Crippen LogP contribution in [0.15, 0.2) is 11.4 Å². The predicted octanol–water partition coefficient (Wildman–Crippen LogP) is 2.06. The van der Waals surface area contributed by atoms with Crippen LogP contribution in [0.5, 0.6) is 0 Å². The third-order valence-corrected chi connectivity index (χ3v) is 6.59. The minimum absolute atomic E-state index is 0.00583. The van der Waals surface area contributed by atoms with E-state index in [1.54, 1.807) is 16.2 Å². The summed E-state index contributed by atoms with van der Waals surface area (Å²) in [4.78, 5) is 41.9. The summed E-state index contributed by atoms with van der Waals surface area (Å²) in [7, 11) is 0. The number of urea groups is 1. The Morgan fingerprint density at radius 3 is 2.88 bits per heavy atom. The van der Waals surface area contributed by atoms with Gasteiger partial charge in [-0.1, -0.05) is 12.8 Å². The van der Waals surface area contributed by atoms with E-state index < -0.39 is 11.6 Å². The highest BCUT2D eigenvalue weighted by atomic mass is 32.1. The number of nitrogens with zero attached hydrogens (tertiary/aromatic N) is 2. The first-order chi connectivity index (χ1) is 11.5. The largest absolute Gasteiger partial charge is 0.334 e. The normalized spacial score (nSPS) is 25.3. The summed E-state index contributed by atoms with van der Waals surface area (Å²) in [6.07, 6.45) is 4.09. The molecule has 0 bridgehead atoms. The molecule has 7 heteroatoms. The maximum Gasteiger partial charge on any atom is 0.325 e. The van der Waals surface area contributed by atoms with E-state index in [9.17, 15) is 14.4 Å². The molecular formula is C17H21N3O3S. The topological polar surface area (TPSA) is 69.7 Å². The van der Waals surface area contributed by atoms with Gasteiger partial charge in [-0.3, -0.25) is 14.5 Å². The van der Waals surface area contributed by atoms with Crippen molar-refractivity contribution >= 4 is 29.2 Å². The number of rotatable bonds is 2. The summed E-state index contributed by atoms with van der Waals surface area (Å²) in [5, 5.41) is 4.88. The zero-order valence-corrected chi connectivity index (χ0v) is 14.5. The lowest BCUT2D eigenvalue weighted by Crippen LogP contribution is -2.47. The van der Waals surface area contributed by atoms with E-state index in [1.165, 1.54) is 10.4 Å². The highest BCUT2D eigenvalue weighted by Gasteiger charge is 2.53. The number of fused-ring (bicyclic) bond motifs is 1. The van der Waals surface area contributed by atoms with E-state index in [1.807, 2.05) is 6.92 Å². The van der Waals surface area contributed by atoms with Gasteiger partial charge in [0.1, 0.15) is 12.1 Å². The van der Waals surface area contributed by atoms with Crippen molar-refractivity contribution in [2.45, 2.75) is 50.6 Å². The molecule has 6 nitrogen and oxygen atoms in total. The smallest absolute Gasteiger partial charge is 0.325 e. The molecule has 1 saturated heterocycles. The third kappa shape index (κ3) is 2.25. The molecule has 0 radical (unpaired) electrons. The summed E-state index contributed by atoms with van der Waals surface area (Å²) in [5.41, 5.74) is 0.440. The molecule has 1 spiro atoms. The van der Waals surface area contributed by atoms with Crippen molar-refractivity contribution in [1.29, 1.82) is 0 Å². The Morgan fingerprint density at radius 1 is 1.38 bits per heavy atom. The molecule has 128 valence electrons. The second kappa shape index (κ2) is 5.58. The molecule has 3 heterocycles. The van der Waals surface area contributed by atoms with Gasteiger partial charge in [0, 0.05) is 11.4 Å². The molecule has 2 fully saturated rings. The number of hydrogen-bond acceptors (Lipinski definition) is 4. The van der Waals surface area contributed by atoms with Gasteiger partial charge in [0.2, 0.25) is 5.91 Å². The molecule has 0 unspecified atom stereocenters. The summed E-state index contributed by atoms with van der Waals surface area (Å²) in [5.74, 6) is -0.378. The Balaban J connectivity index is 1.49. The van der Waals surface area contributed by atoms with Crippen LogP contribution in [-0.4, -0.2) is 46.3 Å². The summed E-state index contributed by atoms with van der Waals surface area (Å²) < 4.78 is 0. The first kappa shape index (κ1) is 15.6. The molecule has 4 rings (SSSR count). The molecule has 4 amide bonds. The second-order valence-corrected chi connectivity index (χ2v) is 7.92. The Kier molecular flexibility index (Phi) is 3.63. The van der Waals surface area contributed by atoms with Crippen molar-refractivity contribution in [2.75, 3.05) is 13.1 Å². The average Bonchev–Trinajstić information content (AvgIpc) is 3.25. The average molecular weight is 347 g/mol. The molecule has 1 saturated carbocycles. The molecule has 3 aliphatic rings. The van der Waals surface area contributed by atoms with Crippen LogP contribution in [0.3, 0.4) is 0 Å². The van der Waals surface area contributed by atoms with Crippen molar-refractivity contribution in [1.82, 2.24) is 15.1 Å². The maximum atomic E-state index is 12.7. The molecular weight excluding hydrogens is 326 g/mol. The Hall–Kier alpha value is -1.89. The van der Waals surface area contributed by atoms with Crippen molar-refractivity contribution < 1.29 is 14.4 Å². The molecule has 1 aromatic rings. The standard InChI is InChI=1S/C17H21N3O3S/c1-11-12-5-9-24-13(12)4-8-19(11)14(21)10-20-15(22)17(18-16(20)23)6-2-3-7-17/h5,9,11H,2-4,6-8,10H2,1H3,(H,18,23)/t11-/m0/s1. The van der Waals surface area contributed by atoms with E-state index in [0.29, 0.717) is 19.4 Å². The number of nitrogens with one attached hydrogen (secondary N) is 1. The van der Waals surface area contributed by atoms with E-state index in [0.717, 1.165) is 24.2 Å². The van der Waals surface area contributed by atoms with E-state index >= 15 is 0 Å². The Labute approximate surface area is 144 Å². The molecule has 24 heavy (non-hydrogen) atoms. The van der Waals surface area contributed by atoms with Gasteiger partial charge in [-0.25, -0.2) is 4.79 Å². The molecule has 2 aliphatic heterocycles. The van der Waals surface area contributed by atoms with Gasteiger partial charge >= 0.3 is 6.03 Å². The number of imide groups is 1. The van der Waals surface area contributed by atoms with Crippen LogP contribution in [0.2, 0.25) is 0 Å². The van der Waals surface area contributed by atoms with Gasteiger partial charge in [0.05, 0.1) is 6.04 Å². The van der Waals surface area contributed by atoms with Crippen LogP contribution in [0.4, 0.5) is 4.79 Å². The minimum atomic E-state index is -0.745. The lowest BCUT2D eigenvalue weighted by molar-refractivity contribution is -0.140. The quantitative estimate of drug-likeness (QED) is 0.833. The van der Waals surface area contributed by atoms with Gasteiger partial charge in [0.15, 0.2) is 0 Å². The zero-order chi connectivity index (χ0) is 16.9. The van der Waals surface area contributed by atoms with Gasteiger partial charge in [-0.15, -0.1) is 11.3 Å². The van der Waals surface area contributed by atoms with Gasteiger partial charge in [0.25, 0.3) is 5.91 Å². The molecule has 1 aliphatic carbocycles. The van der Waals surface area contributed by atoms with Crippen LogP contribution in [0.25, 0.3) is 0 Å². The molecule has 1 atom stereocenters. The fourth-order valence-electron chi connectivity index (χ4n) is 4.21. The van der Waals surface area contributed by atoms with E-state index in [-0.39, 0.29) is 24.4 Å².